The van der Waals surface area contributed by atoms with Crippen molar-refractivity contribution in [3.63, 3.8) is 0 Å². The van der Waals surface area contributed by atoms with Gasteiger partial charge >= 0.3 is 6.03 Å². The molecule has 0 radical (unpaired) electrons. The molecule has 2 fully saturated rings. The fraction of sp³-hybridized carbons (Fsp3) is 0.292. The summed E-state index contributed by atoms with van der Waals surface area (Å²) in [4.78, 5) is 39.2. The number of rotatable bonds is 5. The molecule has 1 aliphatic carbocycles. The van der Waals surface area contributed by atoms with Crippen LogP contribution >= 0.6 is 22.6 Å². The van der Waals surface area contributed by atoms with Crippen LogP contribution in [-0.4, -0.2) is 28.8 Å². The van der Waals surface area contributed by atoms with Crippen LogP contribution in [-0.2, 0) is 16.2 Å². The van der Waals surface area contributed by atoms with E-state index in [0.29, 0.717) is 17.9 Å². The molecule has 2 aliphatic rings. The standard InChI is InChI=1S/C24H23IN2O4/c25-18-12-10-16(11-13-18)15-31-21-9-5-4-6-17(21)14-20-22(28)26-24(30)27(23(20)29)19-7-2-1-3-8-19/h4-6,9-14,19H,1-3,7-8,15H2,(H,26,28,30). The Kier molecular flexibility index (Phi) is 6.70. The molecule has 31 heavy (non-hydrogen) atoms. The number of carbonyl (C=O) groups excluding carboxylic acids is 3. The molecule has 160 valence electrons. The Hall–Kier alpha value is -2.68. The maximum Gasteiger partial charge on any atom is 0.331 e. The Labute approximate surface area is 194 Å². The molecule has 2 aromatic rings. The molecule has 6 nitrogen and oxygen atoms in total. The molecular weight excluding hydrogens is 507 g/mol. The van der Waals surface area contributed by atoms with E-state index in [9.17, 15) is 14.4 Å². The van der Waals surface area contributed by atoms with Gasteiger partial charge in [-0.25, -0.2) is 4.79 Å². The highest BCUT2D eigenvalue weighted by atomic mass is 127. The van der Waals surface area contributed by atoms with Gasteiger partial charge in [0.2, 0.25) is 0 Å². The lowest BCUT2D eigenvalue weighted by Gasteiger charge is -2.35. The van der Waals surface area contributed by atoms with Gasteiger partial charge in [0.25, 0.3) is 11.8 Å². The Morgan fingerprint density at radius 3 is 2.45 bits per heavy atom. The SMILES string of the molecule is O=C1NC(=O)N(C2CCCCC2)C(=O)C1=Cc1ccccc1OCc1ccc(I)cc1. The van der Waals surface area contributed by atoms with Crippen LogP contribution in [0.4, 0.5) is 4.79 Å². The Morgan fingerprint density at radius 1 is 1.00 bits per heavy atom. The van der Waals surface area contributed by atoms with Crippen molar-refractivity contribution in [2.24, 2.45) is 0 Å². The number of carbonyl (C=O) groups is 3. The highest BCUT2D eigenvalue weighted by Gasteiger charge is 2.40. The first-order valence-electron chi connectivity index (χ1n) is 10.4. The molecule has 2 aromatic carbocycles. The predicted molar refractivity (Wildman–Crippen MR) is 125 cm³/mol. The fourth-order valence-electron chi connectivity index (χ4n) is 3.97. The van der Waals surface area contributed by atoms with Crippen LogP contribution in [0.1, 0.15) is 43.2 Å². The number of amides is 4. The summed E-state index contributed by atoms with van der Waals surface area (Å²) in [6, 6.07) is 14.5. The van der Waals surface area contributed by atoms with Crippen molar-refractivity contribution in [2.75, 3.05) is 0 Å². The van der Waals surface area contributed by atoms with Crippen molar-refractivity contribution in [1.29, 1.82) is 0 Å². The molecule has 4 rings (SSSR count). The van der Waals surface area contributed by atoms with E-state index >= 15 is 0 Å². The normalized spacial score (nSPS) is 18.9. The summed E-state index contributed by atoms with van der Waals surface area (Å²) in [6.45, 7) is 0.365. The van der Waals surface area contributed by atoms with E-state index in [1.165, 1.54) is 11.0 Å². The number of hydrogen-bond donors (Lipinski definition) is 1. The number of para-hydroxylation sites is 1. The van der Waals surface area contributed by atoms with Gasteiger partial charge in [0.1, 0.15) is 17.9 Å². The van der Waals surface area contributed by atoms with E-state index in [4.69, 9.17) is 4.74 Å². The largest absolute Gasteiger partial charge is 0.488 e. The highest BCUT2D eigenvalue weighted by Crippen LogP contribution is 2.28. The first kappa shape index (κ1) is 21.5. The minimum Gasteiger partial charge on any atom is -0.488 e. The van der Waals surface area contributed by atoms with E-state index in [0.717, 1.165) is 41.2 Å². The van der Waals surface area contributed by atoms with Crippen molar-refractivity contribution < 1.29 is 19.1 Å². The fourth-order valence-corrected chi connectivity index (χ4v) is 4.33. The molecule has 1 saturated heterocycles. The van der Waals surface area contributed by atoms with E-state index in [1.54, 1.807) is 12.1 Å². The van der Waals surface area contributed by atoms with Crippen molar-refractivity contribution in [3.05, 3.63) is 68.8 Å². The van der Waals surface area contributed by atoms with Gasteiger partial charge in [0.15, 0.2) is 0 Å². The minimum atomic E-state index is -0.672. The van der Waals surface area contributed by atoms with Crippen molar-refractivity contribution in [1.82, 2.24) is 10.2 Å². The van der Waals surface area contributed by atoms with E-state index in [1.807, 2.05) is 36.4 Å². The lowest BCUT2D eigenvalue weighted by molar-refractivity contribution is -0.132. The molecule has 1 aliphatic heterocycles. The molecule has 4 amide bonds. The second-order valence-corrected chi connectivity index (χ2v) is 8.98. The van der Waals surface area contributed by atoms with Gasteiger partial charge in [-0.2, -0.15) is 0 Å². The van der Waals surface area contributed by atoms with Gasteiger partial charge in [-0.1, -0.05) is 49.6 Å². The molecule has 7 heteroatoms. The van der Waals surface area contributed by atoms with E-state index in [-0.39, 0.29) is 11.6 Å². The maximum absolute atomic E-state index is 13.1. The van der Waals surface area contributed by atoms with Gasteiger partial charge in [-0.05, 0) is 65.3 Å². The van der Waals surface area contributed by atoms with E-state index < -0.39 is 17.8 Å². The zero-order valence-electron chi connectivity index (χ0n) is 17.0. The number of benzene rings is 2. The van der Waals surface area contributed by atoms with Gasteiger partial charge in [0.05, 0.1) is 0 Å². The zero-order valence-corrected chi connectivity index (χ0v) is 19.1. The summed E-state index contributed by atoms with van der Waals surface area (Å²) < 4.78 is 7.11. The monoisotopic (exact) mass is 530 g/mol. The zero-order chi connectivity index (χ0) is 21.8. The van der Waals surface area contributed by atoms with Crippen molar-refractivity contribution in [3.8, 4) is 5.75 Å². The Bertz CT molecular complexity index is 1030. The number of nitrogens with zero attached hydrogens (tertiary/aromatic N) is 1. The topological polar surface area (TPSA) is 75.7 Å². The van der Waals surface area contributed by atoms with Gasteiger partial charge in [-0.15, -0.1) is 0 Å². The predicted octanol–water partition coefficient (Wildman–Crippen LogP) is 4.66. The molecule has 0 spiro atoms. The van der Waals surface area contributed by atoms with Gasteiger partial charge < -0.3 is 4.74 Å². The lowest BCUT2D eigenvalue weighted by atomic mass is 9.93. The smallest absolute Gasteiger partial charge is 0.331 e. The number of hydrogen-bond acceptors (Lipinski definition) is 4. The lowest BCUT2D eigenvalue weighted by Crippen LogP contribution is -2.58. The van der Waals surface area contributed by atoms with Crippen LogP contribution in [0.5, 0.6) is 5.75 Å². The number of barbiturate groups is 1. The first-order chi connectivity index (χ1) is 15.0. The molecular formula is C24H23IN2O4. The van der Waals surface area contributed by atoms with Crippen LogP contribution in [0, 0.1) is 3.57 Å². The summed E-state index contributed by atoms with van der Waals surface area (Å²) in [7, 11) is 0. The number of halogens is 1. The second kappa shape index (κ2) is 9.64. The van der Waals surface area contributed by atoms with Crippen molar-refractivity contribution in [2.45, 2.75) is 44.8 Å². The third-order valence-corrected chi connectivity index (χ3v) is 6.32. The summed E-state index contributed by atoms with van der Waals surface area (Å²) in [6.07, 6.45) is 6.12. The minimum absolute atomic E-state index is 0.0458. The molecule has 0 aromatic heterocycles. The van der Waals surface area contributed by atoms with Crippen LogP contribution in [0.15, 0.2) is 54.1 Å². The number of nitrogens with one attached hydrogen (secondary N) is 1. The van der Waals surface area contributed by atoms with Crippen LogP contribution in [0.3, 0.4) is 0 Å². The van der Waals surface area contributed by atoms with E-state index in [2.05, 4.69) is 27.9 Å². The molecule has 1 N–H and O–H groups in total. The number of ether oxygens (including phenoxy) is 1. The number of urea groups is 1. The Balaban J connectivity index is 1.57. The molecule has 0 unspecified atom stereocenters. The van der Waals surface area contributed by atoms with Crippen molar-refractivity contribution >= 4 is 46.5 Å². The first-order valence-corrected chi connectivity index (χ1v) is 11.5. The number of imide groups is 2. The average Bonchev–Trinajstić information content (AvgIpc) is 2.77. The third kappa shape index (κ3) is 4.98. The van der Waals surface area contributed by atoms with Gasteiger partial charge in [-0.3, -0.25) is 19.8 Å². The molecule has 1 heterocycles. The molecule has 0 atom stereocenters. The Morgan fingerprint density at radius 2 is 1.71 bits per heavy atom. The molecule has 0 bridgehead atoms. The van der Waals surface area contributed by atoms with Crippen LogP contribution in [0.2, 0.25) is 0 Å². The molecule has 1 saturated carbocycles. The van der Waals surface area contributed by atoms with Gasteiger partial charge in [0, 0.05) is 15.2 Å². The maximum atomic E-state index is 13.1. The third-order valence-electron chi connectivity index (χ3n) is 5.60. The van der Waals surface area contributed by atoms with Crippen LogP contribution in [0.25, 0.3) is 6.08 Å². The summed E-state index contributed by atoms with van der Waals surface area (Å²) >= 11 is 2.25. The van der Waals surface area contributed by atoms with Crippen LogP contribution < -0.4 is 10.1 Å². The highest BCUT2D eigenvalue weighted by molar-refractivity contribution is 14.1. The summed E-state index contributed by atoms with van der Waals surface area (Å²) in [5.74, 6) is -0.641. The summed E-state index contributed by atoms with van der Waals surface area (Å²) in [5.41, 5.74) is 1.59. The average molecular weight is 530 g/mol. The quantitative estimate of drug-likeness (QED) is 0.347. The second-order valence-electron chi connectivity index (χ2n) is 7.74. The summed E-state index contributed by atoms with van der Waals surface area (Å²) in [5, 5.41) is 2.33.